The molecule has 9 nitrogen and oxygen atoms in total. The second kappa shape index (κ2) is 9.89. The highest BCUT2D eigenvalue weighted by Gasteiger charge is 2.27. The first-order chi connectivity index (χ1) is 13.0. The molecule has 3 heterocycles. The van der Waals surface area contributed by atoms with Gasteiger partial charge >= 0.3 is 0 Å². The second-order valence-electron chi connectivity index (χ2n) is 6.63. The highest BCUT2D eigenvalue weighted by Crippen LogP contribution is 2.16. The highest BCUT2D eigenvalue weighted by molar-refractivity contribution is 14.0. The van der Waals surface area contributed by atoms with E-state index in [1.807, 2.05) is 38.9 Å². The summed E-state index contributed by atoms with van der Waals surface area (Å²) in [4.78, 5) is 21.1. The Morgan fingerprint density at radius 1 is 1.36 bits per heavy atom. The summed E-state index contributed by atoms with van der Waals surface area (Å²) in [7, 11) is 1.85. The van der Waals surface area contributed by atoms with Crippen LogP contribution in [-0.2, 0) is 18.3 Å². The fourth-order valence-corrected chi connectivity index (χ4v) is 3.23. The van der Waals surface area contributed by atoms with Gasteiger partial charge in [-0.1, -0.05) is 5.16 Å². The lowest BCUT2D eigenvalue weighted by Crippen LogP contribution is -2.55. The van der Waals surface area contributed by atoms with E-state index < -0.39 is 0 Å². The number of amides is 1. The fourth-order valence-electron chi connectivity index (χ4n) is 3.23. The lowest BCUT2D eigenvalue weighted by Gasteiger charge is -2.35. The third kappa shape index (κ3) is 5.03. The van der Waals surface area contributed by atoms with Crippen LogP contribution < -0.4 is 10.2 Å². The summed E-state index contributed by atoms with van der Waals surface area (Å²) in [5, 5.41) is 11.4. The van der Waals surface area contributed by atoms with E-state index in [1.54, 1.807) is 15.8 Å². The number of rotatable bonds is 5. The third-order valence-corrected chi connectivity index (χ3v) is 4.66. The quantitative estimate of drug-likeness (QED) is 0.380. The van der Waals surface area contributed by atoms with Gasteiger partial charge in [-0.25, -0.2) is 0 Å². The van der Waals surface area contributed by atoms with Gasteiger partial charge in [0.15, 0.2) is 5.96 Å². The van der Waals surface area contributed by atoms with E-state index in [2.05, 4.69) is 15.6 Å². The summed E-state index contributed by atoms with van der Waals surface area (Å²) in [6.07, 6.45) is 4.34. The Kier molecular flexibility index (Phi) is 7.84. The van der Waals surface area contributed by atoms with Crippen molar-refractivity contribution in [1.82, 2.24) is 25.2 Å². The van der Waals surface area contributed by atoms with E-state index in [-0.39, 0.29) is 29.9 Å². The molecule has 0 saturated carbocycles. The maximum Gasteiger partial charge on any atom is 0.246 e. The predicted octanol–water partition coefficient (Wildman–Crippen LogP) is 1.50. The minimum atomic E-state index is 0. The summed E-state index contributed by atoms with van der Waals surface area (Å²) < 4.78 is 6.91. The molecule has 10 heteroatoms. The normalized spacial score (nSPS) is 15.0. The number of carbonyl (C=O) groups is 1. The Morgan fingerprint density at radius 3 is 2.71 bits per heavy atom. The topological polar surface area (TPSA) is 91.8 Å². The van der Waals surface area contributed by atoms with E-state index in [0.29, 0.717) is 19.6 Å². The van der Waals surface area contributed by atoms with Gasteiger partial charge in [0.2, 0.25) is 5.91 Å². The zero-order valence-electron chi connectivity index (χ0n) is 16.8. The lowest BCUT2D eigenvalue weighted by atomic mass is 10.1. The molecule has 0 spiro atoms. The lowest BCUT2D eigenvalue weighted by molar-refractivity contribution is -0.120. The smallest absolute Gasteiger partial charge is 0.246 e. The first-order valence-electron chi connectivity index (χ1n) is 9.23. The first-order valence-corrected chi connectivity index (χ1v) is 9.23. The molecular weight excluding hydrogens is 473 g/mol. The summed E-state index contributed by atoms with van der Waals surface area (Å²) >= 11 is 0. The number of nitrogens with zero attached hydrogens (tertiary/aromatic N) is 6. The van der Waals surface area contributed by atoms with Gasteiger partial charge in [-0.05, 0) is 27.2 Å². The molecule has 0 bridgehead atoms. The summed E-state index contributed by atoms with van der Waals surface area (Å²) in [6, 6.07) is 0. The molecule has 0 atom stereocenters. The van der Waals surface area contributed by atoms with Gasteiger partial charge in [0.25, 0.3) is 0 Å². The molecule has 0 aliphatic carbocycles. The summed E-state index contributed by atoms with van der Waals surface area (Å²) in [5.41, 5.74) is 2.85. The maximum absolute atomic E-state index is 12.6. The van der Waals surface area contributed by atoms with Crippen LogP contribution in [-0.4, -0.2) is 64.4 Å². The molecule has 1 amide bonds. The molecule has 154 valence electrons. The highest BCUT2D eigenvalue weighted by atomic mass is 127. The number of carbonyl (C=O) groups excluding carboxylic acids is 1. The SMILES string of the molecule is CCNC(=NCCc1c(C)noc1C)N1CCN(c2cnn(C)c2)C(=O)C1.I. The molecule has 1 fully saturated rings. The number of guanidine groups is 1. The number of aromatic nitrogens is 3. The molecule has 1 N–H and O–H groups in total. The van der Waals surface area contributed by atoms with Crippen LogP contribution in [0, 0.1) is 13.8 Å². The molecule has 28 heavy (non-hydrogen) atoms. The Labute approximate surface area is 182 Å². The minimum Gasteiger partial charge on any atom is -0.361 e. The van der Waals surface area contributed by atoms with Crippen LogP contribution in [0.15, 0.2) is 21.9 Å². The Balaban J connectivity index is 0.00000280. The van der Waals surface area contributed by atoms with Gasteiger partial charge in [-0.15, -0.1) is 24.0 Å². The zero-order valence-corrected chi connectivity index (χ0v) is 19.1. The van der Waals surface area contributed by atoms with E-state index in [4.69, 9.17) is 9.52 Å². The maximum atomic E-state index is 12.6. The molecule has 2 aromatic rings. The van der Waals surface area contributed by atoms with Crippen molar-refractivity contribution in [1.29, 1.82) is 0 Å². The van der Waals surface area contributed by atoms with Crippen LogP contribution in [0.1, 0.15) is 23.9 Å². The van der Waals surface area contributed by atoms with Gasteiger partial charge in [-0.2, -0.15) is 5.10 Å². The van der Waals surface area contributed by atoms with Crippen LogP contribution in [0.3, 0.4) is 0 Å². The average molecular weight is 501 g/mol. The van der Waals surface area contributed by atoms with Crippen molar-refractivity contribution in [3.05, 3.63) is 29.4 Å². The standard InChI is InChI=1S/C18H27N7O2.HI/c1-5-19-18(20-7-6-16-13(2)22-27-14(16)3)24-8-9-25(17(26)12-24)15-10-21-23(4)11-15;/h10-11H,5-9,12H2,1-4H3,(H,19,20);1H. The van der Waals surface area contributed by atoms with Crippen molar-refractivity contribution < 1.29 is 9.32 Å². The molecule has 0 unspecified atom stereocenters. The molecule has 1 aliphatic heterocycles. The van der Waals surface area contributed by atoms with Crippen LogP contribution >= 0.6 is 24.0 Å². The van der Waals surface area contributed by atoms with Gasteiger partial charge in [0.05, 0.1) is 17.6 Å². The number of nitrogens with one attached hydrogen (secondary N) is 1. The van der Waals surface area contributed by atoms with E-state index in [9.17, 15) is 4.79 Å². The van der Waals surface area contributed by atoms with E-state index in [0.717, 1.165) is 48.2 Å². The van der Waals surface area contributed by atoms with Crippen molar-refractivity contribution in [2.24, 2.45) is 12.0 Å². The van der Waals surface area contributed by atoms with E-state index in [1.165, 1.54) is 0 Å². The monoisotopic (exact) mass is 501 g/mol. The number of hydrogen-bond donors (Lipinski definition) is 1. The molecule has 2 aromatic heterocycles. The van der Waals surface area contributed by atoms with Gasteiger partial charge in [0, 0.05) is 45.0 Å². The van der Waals surface area contributed by atoms with E-state index >= 15 is 0 Å². The summed E-state index contributed by atoms with van der Waals surface area (Å²) in [5.74, 6) is 1.65. The van der Waals surface area contributed by atoms with Crippen molar-refractivity contribution in [3.8, 4) is 0 Å². The van der Waals surface area contributed by atoms with Crippen molar-refractivity contribution in [2.45, 2.75) is 27.2 Å². The van der Waals surface area contributed by atoms with Crippen LogP contribution in [0.4, 0.5) is 5.69 Å². The summed E-state index contributed by atoms with van der Waals surface area (Å²) in [6.45, 7) is 8.88. The molecule has 1 saturated heterocycles. The molecule has 3 rings (SSSR count). The largest absolute Gasteiger partial charge is 0.361 e. The van der Waals surface area contributed by atoms with Gasteiger partial charge in [-0.3, -0.25) is 14.5 Å². The van der Waals surface area contributed by atoms with Crippen LogP contribution in [0.2, 0.25) is 0 Å². The van der Waals surface area contributed by atoms with Crippen LogP contribution in [0.25, 0.3) is 0 Å². The van der Waals surface area contributed by atoms with Crippen LogP contribution in [0.5, 0.6) is 0 Å². The number of anilines is 1. The minimum absolute atomic E-state index is 0. The fraction of sp³-hybridized carbons (Fsp3) is 0.556. The zero-order chi connectivity index (χ0) is 19.4. The third-order valence-electron chi connectivity index (χ3n) is 4.66. The number of hydrogen-bond acceptors (Lipinski definition) is 5. The van der Waals surface area contributed by atoms with Crippen molar-refractivity contribution in [2.75, 3.05) is 37.6 Å². The molecule has 0 aromatic carbocycles. The Morgan fingerprint density at radius 2 is 2.14 bits per heavy atom. The average Bonchev–Trinajstić information content (AvgIpc) is 3.20. The number of halogens is 1. The van der Waals surface area contributed by atoms with Gasteiger partial charge in [0.1, 0.15) is 12.3 Å². The van der Waals surface area contributed by atoms with Crippen molar-refractivity contribution >= 4 is 41.5 Å². The Bertz CT molecular complexity index is 810. The molecule has 0 radical (unpaired) electrons. The van der Waals surface area contributed by atoms with Crippen molar-refractivity contribution in [3.63, 3.8) is 0 Å². The molecule has 1 aliphatic rings. The number of aliphatic imine (C=N–C) groups is 1. The Hall–Kier alpha value is -2.11. The number of aryl methyl sites for hydroxylation is 3. The first kappa shape index (κ1) is 22.2. The number of piperazine rings is 1. The second-order valence-corrected chi connectivity index (χ2v) is 6.63. The predicted molar refractivity (Wildman–Crippen MR) is 118 cm³/mol. The molecular formula is C18H28IN7O2. The van der Waals surface area contributed by atoms with Gasteiger partial charge < -0.3 is 19.6 Å².